The fraction of sp³-hybridized carbons (Fsp3) is 0.382. The quantitative estimate of drug-likeness (QED) is 0.246. The second kappa shape index (κ2) is 13.2. The lowest BCUT2D eigenvalue weighted by Gasteiger charge is -2.43. The first-order valence-electron chi connectivity index (χ1n) is 14.6. The third-order valence-corrected chi connectivity index (χ3v) is 7.58. The number of rotatable bonds is 9. The Kier molecular flexibility index (Phi) is 9.63. The Bertz CT molecular complexity index is 1460. The molecule has 228 valence electrons. The molecule has 4 N–H and O–H groups in total. The number of carbonyl (C=O) groups is 3. The molecule has 0 spiro atoms. The summed E-state index contributed by atoms with van der Waals surface area (Å²) in [7, 11) is 0. The molecule has 3 aromatic rings. The van der Waals surface area contributed by atoms with Crippen LogP contribution in [0.15, 0.2) is 66.7 Å². The maximum atomic E-state index is 14.6. The lowest BCUT2D eigenvalue weighted by molar-refractivity contribution is -0.145. The summed E-state index contributed by atoms with van der Waals surface area (Å²) < 4.78 is 5.50. The van der Waals surface area contributed by atoms with Gasteiger partial charge >= 0.3 is 6.09 Å². The predicted molar refractivity (Wildman–Crippen MR) is 165 cm³/mol. The number of ether oxygens (including phenoxy) is 1. The number of phenolic OH excluding ortho intramolecular Hbond substituents is 2. The summed E-state index contributed by atoms with van der Waals surface area (Å²) in [5.74, 6) is -0.948. The van der Waals surface area contributed by atoms with Gasteiger partial charge < -0.3 is 30.5 Å². The number of aromatic hydroxyl groups is 2. The number of anilines is 1. The van der Waals surface area contributed by atoms with Crippen molar-refractivity contribution in [1.82, 2.24) is 10.2 Å². The van der Waals surface area contributed by atoms with Crippen LogP contribution in [0.3, 0.4) is 0 Å². The van der Waals surface area contributed by atoms with Gasteiger partial charge in [0.2, 0.25) is 5.91 Å². The van der Waals surface area contributed by atoms with E-state index in [1.807, 2.05) is 25.1 Å². The molecule has 0 bridgehead atoms. The number of alkyl carbamates (subject to hydrolysis) is 1. The third-order valence-electron chi connectivity index (χ3n) is 7.58. The van der Waals surface area contributed by atoms with Crippen LogP contribution < -0.4 is 10.6 Å². The number of benzene rings is 3. The van der Waals surface area contributed by atoms with Crippen molar-refractivity contribution in [3.63, 3.8) is 0 Å². The van der Waals surface area contributed by atoms with Gasteiger partial charge in [0.25, 0.3) is 5.91 Å². The first-order chi connectivity index (χ1) is 20.3. The number of phenols is 2. The second-order valence-electron chi connectivity index (χ2n) is 12.1. The number of hydrogen-bond donors (Lipinski definition) is 4. The molecule has 1 saturated carbocycles. The summed E-state index contributed by atoms with van der Waals surface area (Å²) in [4.78, 5) is 43.3. The van der Waals surface area contributed by atoms with Crippen molar-refractivity contribution in [3.05, 3.63) is 89.0 Å². The van der Waals surface area contributed by atoms with Crippen LogP contribution >= 0.6 is 0 Å². The SMILES string of the molecule is Cc1ccccc1NC(=O)C(c1cccc(C)c1O)N(C(=O)C(Cc1ccc(O)cc1)NC(=O)OC(C)(C)C)C1CCC1. The minimum Gasteiger partial charge on any atom is -0.508 e. The summed E-state index contributed by atoms with van der Waals surface area (Å²) in [6.07, 6.45) is 1.54. The molecule has 43 heavy (non-hydrogen) atoms. The van der Waals surface area contributed by atoms with Gasteiger partial charge in [-0.2, -0.15) is 0 Å². The van der Waals surface area contributed by atoms with Crippen molar-refractivity contribution in [1.29, 1.82) is 0 Å². The smallest absolute Gasteiger partial charge is 0.408 e. The van der Waals surface area contributed by atoms with Crippen molar-refractivity contribution >= 4 is 23.6 Å². The Morgan fingerprint density at radius 3 is 2.19 bits per heavy atom. The predicted octanol–water partition coefficient (Wildman–Crippen LogP) is 5.91. The van der Waals surface area contributed by atoms with Crippen LogP contribution in [-0.4, -0.2) is 50.7 Å². The van der Waals surface area contributed by atoms with Crippen LogP contribution in [0.25, 0.3) is 0 Å². The number of amides is 3. The van der Waals surface area contributed by atoms with E-state index < -0.39 is 35.6 Å². The average molecular weight is 588 g/mol. The Morgan fingerprint density at radius 1 is 0.930 bits per heavy atom. The first kappa shape index (κ1) is 31.4. The largest absolute Gasteiger partial charge is 0.508 e. The van der Waals surface area contributed by atoms with Crippen molar-refractivity contribution < 1.29 is 29.3 Å². The van der Waals surface area contributed by atoms with Crippen LogP contribution in [-0.2, 0) is 20.7 Å². The van der Waals surface area contributed by atoms with E-state index in [0.29, 0.717) is 35.2 Å². The third kappa shape index (κ3) is 7.85. The van der Waals surface area contributed by atoms with Gasteiger partial charge in [0.1, 0.15) is 29.2 Å². The molecule has 0 aromatic heterocycles. The first-order valence-corrected chi connectivity index (χ1v) is 14.6. The standard InChI is InChI=1S/C34H41N3O6/c1-21-10-6-7-15-27(21)35-31(40)29(26-14-8-11-22(2)30(26)39)37(24-12-9-13-24)32(41)28(36-33(42)43-34(3,4)5)20-23-16-18-25(38)19-17-23/h6-8,10-11,14-19,24,28-29,38-39H,9,12-13,20H2,1-5H3,(H,35,40)(H,36,42). The Balaban J connectivity index is 1.79. The summed E-state index contributed by atoms with van der Waals surface area (Å²) in [5, 5.41) is 26.7. The molecule has 0 heterocycles. The number of aryl methyl sites for hydroxylation is 2. The van der Waals surface area contributed by atoms with Crippen LogP contribution in [0.5, 0.6) is 11.5 Å². The number of hydrogen-bond acceptors (Lipinski definition) is 6. The van der Waals surface area contributed by atoms with E-state index in [2.05, 4.69) is 10.6 Å². The molecule has 3 amide bonds. The van der Waals surface area contributed by atoms with E-state index >= 15 is 0 Å². The molecule has 0 radical (unpaired) electrons. The molecule has 1 fully saturated rings. The summed E-state index contributed by atoms with van der Waals surface area (Å²) in [6.45, 7) is 8.81. The molecule has 9 nitrogen and oxygen atoms in total. The van der Waals surface area contributed by atoms with Gasteiger partial charge in [-0.3, -0.25) is 9.59 Å². The van der Waals surface area contributed by atoms with Gasteiger partial charge in [-0.15, -0.1) is 0 Å². The molecule has 2 atom stereocenters. The molecule has 4 rings (SSSR count). The van der Waals surface area contributed by atoms with E-state index in [1.54, 1.807) is 64.1 Å². The maximum Gasteiger partial charge on any atom is 0.408 e. The number of para-hydroxylation sites is 2. The number of carbonyl (C=O) groups excluding carboxylic acids is 3. The zero-order valence-corrected chi connectivity index (χ0v) is 25.4. The molecule has 0 saturated heterocycles. The van der Waals surface area contributed by atoms with Gasteiger partial charge in [-0.05, 0) is 88.8 Å². The average Bonchev–Trinajstić information content (AvgIpc) is 2.90. The van der Waals surface area contributed by atoms with E-state index in [0.717, 1.165) is 12.0 Å². The lowest BCUT2D eigenvalue weighted by atomic mass is 9.87. The molecule has 1 aliphatic carbocycles. The van der Waals surface area contributed by atoms with Crippen molar-refractivity contribution in [3.8, 4) is 11.5 Å². The highest BCUT2D eigenvalue weighted by atomic mass is 16.6. The van der Waals surface area contributed by atoms with E-state index in [9.17, 15) is 24.6 Å². The Labute approximate surface area is 252 Å². The van der Waals surface area contributed by atoms with Crippen molar-refractivity contribution in [2.45, 2.75) is 84.0 Å². The van der Waals surface area contributed by atoms with Gasteiger partial charge in [0, 0.05) is 23.7 Å². The highest BCUT2D eigenvalue weighted by Crippen LogP contribution is 2.38. The van der Waals surface area contributed by atoms with Crippen LogP contribution in [0.4, 0.5) is 10.5 Å². The summed E-state index contributed by atoms with van der Waals surface area (Å²) >= 11 is 0. The number of nitrogens with one attached hydrogen (secondary N) is 2. The maximum absolute atomic E-state index is 14.6. The minimum absolute atomic E-state index is 0.0697. The fourth-order valence-corrected chi connectivity index (χ4v) is 5.11. The molecule has 3 aromatic carbocycles. The minimum atomic E-state index is -1.18. The monoisotopic (exact) mass is 587 g/mol. The van der Waals surface area contributed by atoms with Crippen LogP contribution in [0.1, 0.15) is 68.3 Å². The van der Waals surface area contributed by atoms with Gasteiger partial charge in [-0.1, -0.05) is 48.5 Å². The van der Waals surface area contributed by atoms with E-state index in [-0.39, 0.29) is 24.0 Å². The fourth-order valence-electron chi connectivity index (χ4n) is 5.11. The Hall–Kier alpha value is -4.53. The zero-order chi connectivity index (χ0) is 31.3. The number of nitrogens with zero attached hydrogens (tertiary/aromatic N) is 1. The normalized spacial score (nSPS) is 14.6. The Morgan fingerprint density at radius 2 is 1.58 bits per heavy atom. The molecule has 0 aliphatic heterocycles. The van der Waals surface area contributed by atoms with Crippen molar-refractivity contribution in [2.75, 3.05) is 5.32 Å². The second-order valence-corrected chi connectivity index (χ2v) is 12.1. The highest BCUT2D eigenvalue weighted by Gasteiger charge is 2.43. The molecular weight excluding hydrogens is 546 g/mol. The summed E-state index contributed by atoms with van der Waals surface area (Å²) in [6, 6.07) is 16.3. The van der Waals surface area contributed by atoms with Crippen molar-refractivity contribution in [2.24, 2.45) is 0 Å². The van der Waals surface area contributed by atoms with E-state index in [4.69, 9.17) is 4.74 Å². The van der Waals surface area contributed by atoms with Gasteiger partial charge in [0.15, 0.2) is 0 Å². The highest BCUT2D eigenvalue weighted by molar-refractivity contribution is 6.00. The van der Waals surface area contributed by atoms with Gasteiger partial charge in [-0.25, -0.2) is 4.79 Å². The van der Waals surface area contributed by atoms with Crippen LogP contribution in [0, 0.1) is 13.8 Å². The van der Waals surface area contributed by atoms with Crippen LogP contribution in [0.2, 0.25) is 0 Å². The van der Waals surface area contributed by atoms with E-state index in [1.165, 1.54) is 17.0 Å². The summed E-state index contributed by atoms with van der Waals surface area (Å²) in [5.41, 5.74) is 2.21. The molecule has 9 heteroatoms. The molecular formula is C34H41N3O6. The van der Waals surface area contributed by atoms with Gasteiger partial charge in [0.05, 0.1) is 0 Å². The molecule has 1 aliphatic rings. The topological polar surface area (TPSA) is 128 Å². The molecule has 2 unspecified atom stereocenters. The lowest BCUT2D eigenvalue weighted by Crippen LogP contribution is -2.57. The zero-order valence-electron chi connectivity index (χ0n) is 25.4.